The number of likely N-dealkylation sites (N-methyl/N-ethyl adjacent to an activating group) is 1. The third-order valence-corrected chi connectivity index (χ3v) is 4.97. The molecule has 2 aromatic rings. The van der Waals surface area contributed by atoms with Crippen molar-refractivity contribution < 1.29 is 14.7 Å². The van der Waals surface area contributed by atoms with Crippen molar-refractivity contribution in [1.82, 2.24) is 4.90 Å². The van der Waals surface area contributed by atoms with Gasteiger partial charge in [-0.2, -0.15) is 0 Å². The molecular formula is C20H22ClNO3. The molecule has 0 aliphatic heterocycles. The summed E-state index contributed by atoms with van der Waals surface area (Å²) in [6.07, 6.45) is 0.0661. The van der Waals surface area contributed by atoms with E-state index in [4.69, 9.17) is 11.6 Å². The van der Waals surface area contributed by atoms with Crippen LogP contribution in [0.25, 0.3) is 0 Å². The lowest BCUT2D eigenvalue weighted by atomic mass is 9.93. The van der Waals surface area contributed by atoms with Gasteiger partial charge in [0.05, 0.1) is 12.0 Å². The molecule has 2 aromatic carbocycles. The fourth-order valence-electron chi connectivity index (χ4n) is 2.78. The zero-order chi connectivity index (χ0) is 18.6. The summed E-state index contributed by atoms with van der Waals surface area (Å²) in [5.74, 6) is -1.00. The van der Waals surface area contributed by atoms with Crippen molar-refractivity contribution in [3.8, 4) is 0 Å². The molecule has 132 valence electrons. The monoisotopic (exact) mass is 359 g/mol. The van der Waals surface area contributed by atoms with E-state index >= 15 is 0 Å². The second kappa shape index (κ2) is 8.17. The van der Waals surface area contributed by atoms with Crippen molar-refractivity contribution in [2.75, 3.05) is 7.05 Å². The van der Waals surface area contributed by atoms with Crippen molar-refractivity contribution >= 4 is 23.5 Å². The summed E-state index contributed by atoms with van der Waals surface area (Å²) in [4.78, 5) is 25.6. The number of carboxylic acid groups (broad SMARTS) is 1. The van der Waals surface area contributed by atoms with E-state index in [0.29, 0.717) is 10.6 Å². The Balaban J connectivity index is 2.11. The molecule has 0 bridgehead atoms. The van der Waals surface area contributed by atoms with Crippen LogP contribution in [-0.4, -0.2) is 35.0 Å². The zero-order valence-corrected chi connectivity index (χ0v) is 15.3. The van der Waals surface area contributed by atoms with Crippen molar-refractivity contribution in [3.05, 3.63) is 70.2 Å². The highest BCUT2D eigenvalue weighted by atomic mass is 35.5. The lowest BCUT2D eigenvalue weighted by Gasteiger charge is -2.30. The Morgan fingerprint density at radius 3 is 2.28 bits per heavy atom. The Labute approximate surface area is 153 Å². The van der Waals surface area contributed by atoms with Crippen molar-refractivity contribution in [3.63, 3.8) is 0 Å². The predicted octanol–water partition coefficient (Wildman–Crippen LogP) is 4.23. The van der Waals surface area contributed by atoms with E-state index in [1.54, 1.807) is 30.1 Å². The minimum Gasteiger partial charge on any atom is -0.478 e. The molecule has 1 amide bonds. The summed E-state index contributed by atoms with van der Waals surface area (Å²) in [6, 6.07) is 14.2. The number of carbonyl (C=O) groups is 2. The number of aromatic carboxylic acids is 1. The van der Waals surface area contributed by atoms with E-state index in [2.05, 4.69) is 6.92 Å². The lowest BCUT2D eigenvalue weighted by molar-refractivity contribution is -0.131. The summed E-state index contributed by atoms with van der Waals surface area (Å²) in [5.41, 5.74) is 1.79. The van der Waals surface area contributed by atoms with Gasteiger partial charge in [0, 0.05) is 24.0 Å². The first-order valence-electron chi connectivity index (χ1n) is 8.13. The molecule has 0 saturated carbocycles. The SMILES string of the molecule is CC(c1ccc(Cl)cc1)C(C)N(C)C(=O)Cc1ccccc1C(=O)O. The maximum atomic E-state index is 12.6. The van der Waals surface area contributed by atoms with Crippen LogP contribution in [0.5, 0.6) is 0 Å². The van der Waals surface area contributed by atoms with Crippen molar-refractivity contribution in [2.45, 2.75) is 32.2 Å². The van der Waals surface area contributed by atoms with Gasteiger partial charge < -0.3 is 10.0 Å². The fraction of sp³-hybridized carbons (Fsp3) is 0.300. The molecule has 0 fully saturated rings. The molecule has 0 radical (unpaired) electrons. The van der Waals surface area contributed by atoms with Gasteiger partial charge in [0.2, 0.25) is 5.91 Å². The average molecular weight is 360 g/mol. The third kappa shape index (κ3) is 4.60. The van der Waals surface area contributed by atoms with Gasteiger partial charge in [-0.3, -0.25) is 4.79 Å². The Morgan fingerprint density at radius 1 is 1.08 bits per heavy atom. The predicted molar refractivity (Wildman–Crippen MR) is 99.2 cm³/mol. The Morgan fingerprint density at radius 2 is 1.68 bits per heavy atom. The van der Waals surface area contributed by atoms with Crippen molar-refractivity contribution in [2.24, 2.45) is 0 Å². The summed E-state index contributed by atoms with van der Waals surface area (Å²) in [5, 5.41) is 9.93. The summed E-state index contributed by atoms with van der Waals surface area (Å²) >= 11 is 5.93. The Bertz CT molecular complexity index is 758. The molecule has 5 heteroatoms. The van der Waals surface area contributed by atoms with Gasteiger partial charge in [-0.15, -0.1) is 0 Å². The second-order valence-electron chi connectivity index (χ2n) is 6.22. The maximum absolute atomic E-state index is 12.6. The number of hydrogen-bond donors (Lipinski definition) is 1. The number of benzene rings is 2. The van der Waals surface area contributed by atoms with Crippen LogP contribution in [0.1, 0.15) is 41.3 Å². The molecule has 0 aliphatic rings. The van der Waals surface area contributed by atoms with Gasteiger partial charge in [-0.05, 0) is 36.2 Å². The van der Waals surface area contributed by atoms with Crippen LogP contribution in [0.4, 0.5) is 0 Å². The number of halogens is 1. The Kier molecular flexibility index (Phi) is 6.21. The molecule has 0 aliphatic carbocycles. The van der Waals surface area contributed by atoms with Gasteiger partial charge in [-0.25, -0.2) is 4.79 Å². The minimum absolute atomic E-state index is 0.0364. The molecule has 0 heterocycles. The first-order valence-corrected chi connectivity index (χ1v) is 8.51. The van der Waals surface area contributed by atoms with Crippen LogP contribution in [-0.2, 0) is 11.2 Å². The standard InChI is InChI=1S/C20H22ClNO3/c1-13(15-8-10-17(21)11-9-15)14(2)22(3)19(23)12-16-6-4-5-7-18(16)20(24)25/h4-11,13-14H,12H2,1-3H3,(H,24,25). The van der Waals surface area contributed by atoms with Gasteiger partial charge in [-0.1, -0.05) is 48.9 Å². The first-order chi connectivity index (χ1) is 11.8. The number of nitrogens with zero attached hydrogens (tertiary/aromatic N) is 1. The highest BCUT2D eigenvalue weighted by molar-refractivity contribution is 6.30. The van der Waals surface area contributed by atoms with E-state index < -0.39 is 5.97 Å². The normalized spacial score (nSPS) is 13.1. The van der Waals surface area contributed by atoms with E-state index in [-0.39, 0.29) is 29.9 Å². The van der Waals surface area contributed by atoms with Crippen LogP contribution in [0.2, 0.25) is 5.02 Å². The van der Waals surface area contributed by atoms with E-state index in [1.165, 1.54) is 6.07 Å². The summed E-state index contributed by atoms with van der Waals surface area (Å²) in [6.45, 7) is 4.04. The first kappa shape index (κ1) is 19.0. The number of amides is 1. The number of hydrogen-bond acceptors (Lipinski definition) is 2. The third-order valence-electron chi connectivity index (χ3n) is 4.71. The molecule has 0 aromatic heterocycles. The molecule has 1 N–H and O–H groups in total. The average Bonchev–Trinajstić information content (AvgIpc) is 2.60. The molecule has 25 heavy (non-hydrogen) atoms. The minimum atomic E-state index is -1.02. The van der Waals surface area contributed by atoms with Crippen molar-refractivity contribution in [1.29, 1.82) is 0 Å². The summed E-state index contributed by atoms with van der Waals surface area (Å²) < 4.78 is 0. The molecule has 0 saturated heterocycles. The second-order valence-corrected chi connectivity index (χ2v) is 6.66. The van der Waals surface area contributed by atoms with Crippen LogP contribution < -0.4 is 0 Å². The maximum Gasteiger partial charge on any atom is 0.335 e. The van der Waals surface area contributed by atoms with Crippen LogP contribution >= 0.6 is 11.6 Å². The number of carboxylic acids is 1. The van der Waals surface area contributed by atoms with Crippen LogP contribution in [0.15, 0.2) is 48.5 Å². The van der Waals surface area contributed by atoms with Gasteiger partial charge >= 0.3 is 5.97 Å². The van der Waals surface area contributed by atoms with E-state index in [0.717, 1.165) is 5.56 Å². The van der Waals surface area contributed by atoms with Crippen LogP contribution in [0.3, 0.4) is 0 Å². The topological polar surface area (TPSA) is 57.6 Å². The molecular weight excluding hydrogens is 338 g/mol. The van der Waals surface area contributed by atoms with E-state index in [1.807, 2.05) is 31.2 Å². The summed E-state index contributed by atoms with van der Waals surface area (Å²) in [7, 11) is 1.75. The van der Waals surface area contributed by atoms with Crippen LogP contribution in [0, 0.1) is 0 Å². The highest BCUT2D eigenvalue weighted by Crippen LogP contribution is 2.24. The lowest BCUT2D eigenvalue weighted by Crippen LogP contribution is -2.39. The van der Waals surface area contributed by atoms with Gasteiger partial charge in [0.1, 0.15) is 0 Å². The molecule has 2 unspecified atom stereocenters. The smallest absolute Gasteiger partial charge is 0.335 e. The van der Waals surface area contributed by atoms with Gasteiger partial charge in [0.15, 0.2) is 0 Å². The number of carbonyl (C=O) groups excluding carboxylic acids is 1. The fourth-order valence-corrected chi connectivity index (χ4v) is 2.90. The Hall–Kier alpha value is -2.33. The zero-order valence-electron chi connectivity index (χ0n) is 14.6. The molecule has 0 spiro atoms. The molecule has 4 nitrogen and oxygen atoms in total. The van der Waals surface area contributed by atoms with Gasteiger partial charge in [0.25, 0.3) is 0 Å². The number of rotatable bonds is 6. The highest BCUT2D eigenvalue weighted by Gasteiger charge is 2.23. The largest absolute Gasteiger partial charge is 0.478 e. The quantitative estimate of drug-likeness (QED) is 0.839. The molecule has 2 rings (SSSR count). The van der Waals surface area contributed by atoms with E-state index in [9.17, 15) is 14.7 Å². The molecule has 2 atom stereocenters.